The Hall–Kier alpha value is -3.40. The van der Waals surface area contributed by atoms with Gasteiger partial charge in [-0.05, 0) is 90.2 Å². The number of esters is 1. The average molecular weight is 648 g/mol. The summed E-state index contributed by atoms with van der Waals surface area (Å²) in [6, 6.07) is 23.6. The molecule has 3 fully saturated rings. The van der Waals surface area contributed by atoms with Gasteiger partial charge in [-0.3, -0.25) is 4.79 Å². The van der Waals surface area contributed by atoms with Crippen LogP contribution in [0.3, 0.4) is 0 Å². The third kappa shape index (κ3) is 7.58. The molecule has 256 valence electrons. The first kappa shape index (κ1) is 34.5. The summed E-state index contributed by atoms with van der Waals surface area (Å²) in [7, 11) is 0. The van der Waals surface area contributed by atoms with Crippen molar-refractivity contribution < 1.29 is 14.3 Å². The summed E-state index contributed by atoms with van der Waals surface area (Å²) in [5, 5.41) is 2.02. The minimum Gasteiger partial charge on any atom is -0.459 e. The van der Waals surface area contributed by atoms with E-state index in [0.29, 0.717) is 23.9 Å². The highest BCUT2D eigenvalue weighted by molar-refractivity contribution is 6.10. The number of carbonyl (C=O) groups excluding carboxylic acids is 2. The first-order chi connectivity index (χ1) is 23.2. The zero-order chi connectivity index (χ0) is 33.7. The average Bonchev–Trinajstić information content (AvgIpc) is 3.11. The Morgan fingerprint density at radius 1 is 0.771 bits per heavy atom. The highest BCUT2D eigenvalue weighted by Gasteiger charge is 2.43. The Morgan fingerprint density at radius 3 is 2.04 bits per heavy atom. The van der Waals surface area contributed by atoms with Crippen molar-refractivity contribution in [2.24, 2.45) is 17.8 Å². The molecule has 0 bridgehead atoms. The van der Waals surface area contributed by atoms with Gasteiger partial charge in [0.1, 0.15) is 6.10 Å². The van der Waals surface area contributed by atoms with Crippen LogP contribution < -0.4 is 0 Å². The molecule has 0 radical (unpaired) electrons. The molecule has 3 aliphatic carbocycles. The van der Waals surface area contributed by atoms with Crippen LogP contribution in [-0.2, 0) is 14.9 Å². The van der Waals surface area contributed by atoms with Crippen molar-refractivity contribution in [2.45, 2.75) is 135 Å². The van der Waals surface area contributed by atoms with Crippen LogP contribution in [0.4, 0.5) is 0 Å². The molecular formula is C44H57NO3. The highest BCUT2D eigenvalue weighted by atomic mass is 16.5. The lowest BCUT2D eigenvalue weighted by Crippen LogP contribution is -2.49. The predicted molar refractivity (Wildman–Crippen MR) is 198 cm³/mol. The van der Waals surface area contributed by atoms with Gasteiger partial charge in [0.2, 0.25) is 0 Å². The third-order valence-electron chi connectivity index (χ3n) is 12.2. The van der Waals surface area contributed by atoms with Crippen molar-refractivity contribution in [1.29, 1.82) is 0 Å². The second kappa shape index (κ2) is 15.4. The van der Waals surface area contributed by atoms with E-state index in [1.807, 2.05) is 24.3 Å². The summed E-state index contributed by atoms with van der Waals surface area (Å²) in [5.74, 6) is 1.25. The molecule has 3 aromatic rings. The van der Waals surface area contributed by atoms with Gasteiger partial charge in [-0.15, -0.1) is 0 Å². The molecule has 0 heterocycles. The molecule has 3 saturated carbocycles. The SMILES string of the molecule is CC(C)[C@@H]1CC[C@@H](OC(=O)/C=C\c2ccc3ccccc3c2C(=O)N(C2CCCCC2)C2CCCCC2)[C@H](C(C)(C)c2ccccc2)C1. The molecule has 0 N–H and O–H groups in total. The number of hydrogen-bond acceptors (Lipinski definition) is 3. The van der Waals surface area contributed by atoms with E-state index in [1.165, 1.54) is 44.1 Å². The number of benzene rings is 3. The fraction of sp³-hybridized carbons (Fsp3) is 0.545. The number of amides is 1. The summed E-state index contributed by atoms with van der Waals surface area (Å²) in [4.78, 5) is 30.9. The molecule has 0 unspecified atom stereocenters. The molecule has 3 aromatic carbocycles. The smallest absolute Gasteiger partial charge is 0.331 e. The Labute approximate surface area is 289 Å². The number of rotatable bonds is 9. The molecule has 3 aliphatic rings. The van der Waals surface area contributed by atoms with Gasteiger partial charge in [0.05, 0.1) is 5.56 Å². The molecule has 0 aromatic heterocycles. The third-order valence-corrected chi connectivity index (χ3v) is 12.2. The van der Waals surface area contributed by atoms with Crippen LogP contribution in [0.5, 0.6) is 0 Å². The van der Waals surface area contributed by atoms with Gasteiger partial charge < -0.3 is 9.64 Å². The summed E-state index contributed by atoms with van der Waals surface area (Å²) in [6.45, 7) is 9.25. The number of carbonyl (C=O) groups is 2. The zero-order valence-corrected chi connectivity index (χ0v) is 29.8. The van der Waals surface area contributed by atoms with Crippen molar-refractivity contribution in [3.8, 4) is 0 Å². The second-order valence-corrected chi connectivity index (χ2v) is 15.9. The Morgan fingerprint density at radius 2 is 1.40 bits per heavy atom. The maximum atomic E-state index is 14.9. The fourth-order valence-electron chi connectivity index (χ4n) is 9.25. The van der Waals surface area contributed by atoms with Crippen LogP contribution in [-0.4, -0.2) is 35.0 Å². The van der Waals surface area contributed by atoms with Crippen molar-refractivity contribution >= 4 is 28.7 Å². The first-order valence-electron chi connectivity index (χ1n) is 19.0. The summed E-state index contributed by atoms with van der Waals surface area (Å²) in [5.41, 5.74) is 2.69. The molecule has 0 spiro atoms. The van der Waals surface area contributed by atoms with Crippen molar-refractivity contribution in [3.05, 3.63) is 89.5 Å². The van der Waals surface area contributed by atoms with E-state index in [1.54, 1.807) is 6.08 Å². The van der Waals surface area contributed by atoms with Crippen LogP contribution in [0.2, 0.25) is 0 Å². The van der Waals surface area contributed by atoms with Gasteiger partial charge in [0.15, 0.2) is 0 Å². The number of fused-ring (bicyclic) bond motifs is 1. The van der Waals surface area contributed by atoms with E-state index in [9.17, 15) is 9.59 Å². The molecule has 48 heavy (non-hydrogen) atoms. The molecule has 4 nitrogen and oxygen atoms in total. The fourth-order valence-corrected chi connectivity index (χ4v) is 9.25. The maximum Gasteiger partial charge on any atom is 0.331 e. The monoisotopic (exact) mass is 647 g/mol. The van der Waals surface area contributed by atoms with Crippen molar-refractivity contribution in [2.75, 3.05) is 0 Å². The van der Waals surface area contributed by atoms with Gasteiger partial charge >= 0.3 is 5.97 Å². The Bertz CT molecular complexity index is 1540. The minimum absolute atomic E-state index is 0.135. The van der Waals surface area contributed by atoms with Gasteiger partial charge in [-0.2, -0.15) is 0 Å². The topological polar surface area (TPSA) is 46.6 Å². The van der Waals surface area contributed by atoms with E-state index in [2.05, 4.69) is 81.1 Å². The lowest BCUT2D eigenvalue weighted by molar-refractivity contribution is -0.150. The summed E-state index contributed by atoms with van der Waals surface area (Å²) < 4.78 is 6.37. The van der Waals surface area contributed by atoms with E-state index in [4.69, 9.17) is 4.74 Å². The van der Waals surface area contributed by atoms with Gasteiger partial charge in [0.25, 0.3) is 5.91 Å². The largest absolute Gasteiger partial charge is 0.459 e. The van der Waals surface area contributed by atoms with Crippen LogP contribution in [0, 0.1) is 17.8 Å². The normalized spacial score (nSPS) is 23.1. The number of ether oxygens (including phenoxy) is 1. The maximum absolute atomic E-state index is 14.9. The molecule has 3 atom stereocenters. The summed E-state index contributed by atoms with van der Waals surface area (Å²) >= 11 is 0. The van der Waals surface area contributed by atoms with Crippen LogP contribution in [0.15, 0.2) is 72.8 Å². The number of hydrogen-bond donors (Lipinski definition) is 0. The van der Waals surface area contributed by atoms with Crippen molar-refractivity contribution in [1.82, 2.24) is 4.90 Å². The molecule has 0 aliphatic heterocycles. The molecule has 6 rings (SSSR count). The molecule has 4 heteroatoms. The quantitative estimate of drug-likeness (QED) is 0.171. The lowest BCUT2D eigenvalue weighted by atomic mass is 9.62. The predicted octanol–water partition coefficient (Wildman–Crippen LogP) is 10.9. The summed E-state index contributed by atoms with van der Waals surface area (Å²) in [6.07, 6.45) is 17.9. The Kier molecular flexibility index (Phi) is 11.1. The molecule has 0 saturated heterocycles. The van der Waals surface area contributed by atoms with E-state index in [-0.39, 0.29) is 29.3 Å². The van der Waals surface area contributed by atoms with E-state index < -0.39 is 0 Å². The standard InChI is InChI=1S/C44H57NO3/c1-31(2)34-26-28-40(39(30-34)44(3,4)35-17-8-5-9-18-35)48-41(46)29-27-33-25-24-32-16-14-15-23-38(32)42(33)43(47)45(36-19-10-6-11-20-36)37-21-12-7-13-22-37/h5,8-9,14-18,23-25,27,29,31,34,36-37,39-40H,6-7,10-13,19-22,26,28,30H2,1-4H3/b29-27-/t34-,39-,40-/m1/s1. The number of nitrogens with zero attached hydrogens (tertiary/aromatic N) is 1. The molecular weight excluding hydrogens is 590 g/mol. The van der Waals surface area contributed by atoms with Gasteiger partial charge in [0, 0.05) is 24.1 Å². The van der Waals surface area contributed by atoms with E-state index in [0.717, 1.165) is 66.8 Å². The van der Waals surface area contributed by atoms with E-state index >= 15 is 0 Å². The second-order valence-electron chi connectivity index (χ2n) is 15.9. The van der Waals surface area contributed by atoms with Crippen LogP contribution in [0.25, 0.3) is 16.8 Å². The van der Waals surface area contributed by atoms with Crippen molar-refractivity contribution in [3.63, 3.8) is 0 Å². The Balaban J connectivity index is 1.29. The van der Waals surface area contributed by atoms with Crippen LogP contribution >= 0.6 is 0 Å². The first-order valence-corrected chi connectivity index (χ1v) is 19.0. The minimum atomic E-state index is -0.320. The highest BCUT2D eigenvalue weighted by Crippen LogP contribution is 2.46. The lowest BCUT2D eigenvalue weighted by Gasteiger charge is -2.45. The molecule has 1 amide bonds. The van der Waals surface area contributed by atoms with Gasteiger partial charge in [-0.1, -0.05) is 133 Å². The van der Waals surface area contributed by atoms with Crippen LogP contribution in [0.1, 0.15) is 133 Å². The zero-order valence-electron chi connectivity index (χ0n) is 29.8. The van der Waals surface area contributed by atoms with Gasteiger partial charge in [-0.25, -0.2) is 4.79 Å².